The molecule has 0 heterocycles. The van der Waals surface area contributed by atoms with E-state index in [1.165, 1.54) is 5.56 Å². The molecular formula is C17H20N2O. The van der Waals surface area contributed by atoms with Crippen molar-refractivity contribution in [3.05, 3.63) is 54.6 Å². The van der Waals surface area contributed by atoms with Crippen molar-refractivity contribution < 1.29 is 4.79 Å². The molecule has 3 heteroatoms. The fourth-order valence-electron chi connectivity index (χ4n) is 2.04. The molecule has 2 N–H and O–H groups in total. The molecule has 2 aromatic rings. The Bertz CT molecular complexity index is 549. The van der Waals surface area contributed by atoms with Gasteiger partial charge < -0.3 is 10.6 Å². The van der Waals surface area contributed by atoms with E-state index in [0.29, 0.717) is 6.54 Å². The lowest BCUT2D eigenvalue weighted by Gasteiger charge is -2.12. The largest absolute Gasteiger partial charge is 0.326 e. The Kier molecular flexibility index (Phi) is 4.91. The van der Waals surface area contributed by atoms with Crippen molar-refractivity contribution in [2.45, 2.75) is 6.92 Å². The average molecular weight is 268 g/mol. The number of benzene rings is 2. The minimum atomic E-state index is -0.0474. The van der Waals surface area contributed by atoms with Crippen LogP contribution in [-0.4, -0.2) is 19.5 Å². The van der Waals surface area contributed by atoms with Gasteiger partial charge in [0.2, 0.25) is 5.91 Å². The Morgan fingerprint density at radius 1 is 1.00 bits per heavy atom. The average Bonchev–Trinajstić information content (AvgIpc) is 2.49. The highest BCUT2D eigenvalue weighted by atomic mass is 16.1. The molecule has 0 aromatic heterocycles. The Hall–Kier alpha value is -2.13. The Morgan fingerprint density at radius 2 is 1.60 bits per heavy atom. The van der Waals surface area contributed by atoms with E-state index in [1.807, 2.05) is 56.4 Å². The van der Waals surface area contributed by atoms with Gasteiger partial charge in [-0.2, -0.15) is 0 Å². The van der Waals surface area contributed by atoms with Crippen molar-refractivity contribution in [3.63, 3.8) is 0 Å². The van der Waals surface area contributed by atoms with Crippen LogP contribution in [0.4, 0.5) is 5.69 Å². The Morgan fingerprint density at radius 3 is 2.20 bits per heavy atom. The molecule has 0 saturated heterocycles. The monoisotopic (exact) mass is 268 g/mol. The molecule has 1 atom stereocenters. The molecule has 0 spiro atoms. The van der Waals surface area contributed by atoms with Gasteiger partial charge >= 0.3 is 0 Å². The molecule has 104 valence electrons. The summed E-state index contributed by atoms with van der Waals surface area (Å²) in [6, 6.07) is 18.1. The highest BCUT2D eigenvalue weighted by Crippen LogP contribution is 2.21. The normalized spacial score (nSPS) is 11.9. The van der Waals surface area contributed by atoms with Gasteiger partial charge in [-0.25, -0.2) is 0 Å². The smallest absolute Gasteiger partial charge is 0.228 e. The molecule has 0 fully saturated rings. The fraction of sp³-hybridized carbons (Fsp3) is 0.235. The first kappa shape index (κ1) is 14.3. The zero-order valence-corrected chi connectivity index (χ0v) is 11.9. The SMILES string of the molecule is CNCC(C)C(=O)Nc1ccc(-c2ccccc2)cc1. The second kappa shape index (κ2) is 6.87. The number of amides is 1. The predicted molar refractivity (Wildman–Crippen MR) is 83.6 cm³/mol. The predicted octanol–water partition coefficient (Wildman–Crippen LogP) is 3.15. The number of carbonyl (C=O) groups excluding carboxylic acids is 1. The van der Waals surface area contributed by atoms with E-state index in [0.717, 1.165) is 11.3 Å². The third kappa shape index (κ3) is 3.68. The summed E-state index contributed by atoms with van der Waals surface area (Å²) >= 11 is 0. The quantitative estimate of drug-likeness (QED) is 0.874. The number of hydrogen-bond donors (Lipinski definition) is 2. The molecule has 20 heavy (non-hydrogen) atoms. The molecule has 2 aromatic carbocycles. The lowest BCUT2D eigenvalue weighted by Crippen LogP contribution is -2.28. The van der Waals surface area contributed by atoms with Gasteiger partial charge in [-0.05, 0) is 30.3 Å². The highest BCUT2D eigenvalue weighted by Gasteiger charge is 2.11. The Balaban J connectivity index is 2.04. The number of carbonyl (C=O) groups is 1. The van der Waals surface area contributed by atoms with Gasteiger partial charge in [0, 0.05) is 18.2 Å². The molecule has 0 aliphatic heterocycles. The third-order valence-electron chi connectivity index (χ3n) is 3.22. The summed E-state index contributed by atoms with van der Waals surface area (Å²) in [7, 11) is 1.85. The third-order valence-corrected chi connectivity index (χ3v) is 3.22. The molecule has 1 amide bonds. The van der Waals surface area contributed by atoms with Crippen LogP contribution in [0.15, 0.2) is 54.6 Å². The van der Waals surface area contributed by atoms with Crippen molar-refractivity contribution in [1.29, 1.82) is 0 Å². The minimum absolute atomic E-state index is 0.0341. The number of rotatable bonds is 5. The lowest BCUT2D eigenvalue weighted by molar-refractivity contribution is -0.119. The number of nitrogens with one attached hydrogen (secondary N) is 2. The Labute approximate surface area is 120 Å². The maximum Gasteiger partial charge on any atom is 0.228 e. The summed E-state index contributed by atoms with van der Waals surface area (Å²) in [4.78, 5) is 11.9. The van der Waals surface area contributed by atoms with Crippen LogP contribution < -0.4 is 10.6 Å². The summed E-state index contributed by atoms with van der Waals surface area (Å²) in [6.07, 6.45) is 0. The standard InChI is InChI=1S/C17H20N2O/c1-13(12-18-2)17(20)19-16-10-8-15(9-11-16)14-6-4-3-5-7-14/h3-11,13,18H,12H2,1-2H3,(H,19,20). The summed E-state index contributed by atoms with van der Waals surface area (Å²) < 4.78 is 0. The van der Waals surface area contributed by atoms with Crippen molar-refractivity contribution in [3.8, 4) is 11.1 Å². The molecule has 0 aliphatic rings. The van der Waals surface area contributed by atoms with Crippen molar-refractivity contribution in [2.75, 3.05) is 18.9 Å². The lowest BCUT2D eigenvalue weighted by atomic mass is 10.1. The molecule has 0 aliphatic carbocycles. The van der Waals surface area contributed by atoms with E-state index in [4.69, 9.17) is 0 Å². The maximum atomic E-state index is 11.9. The van der Waals surface area contributed by atoms with Crippen LogP contribution in [0.3, 0.4) is 0 Å². The van der Waals surface area contributed by atoms with Crippen molar-refractivity contribution in [1.82, 2.24) is 5.32 Å². The second-order valence-corrected chi connectivity index (χ2v) is 4.89. The first-order chi connectivity index (χ1) is 9.70. The van der Waals surface area contributed by atoms with E-state index >= 15 is 0 Å². The van der Waals surface area contributed by atoms with Crippen LogP contribution in [0.1, 0.15) is 6.92 Å². The van der Waals surface area contributed by atoms with Gasteiger partial charge in [-0.1, -0.05) is 49.4 Å². The van der Waals surface area contributed by atoms with E-state index in [9.17, 15) is 4.79 Å². The van der Waals surface area contributed by atoms with E-state index in [1.54, 1.807) is 0 Å². The zero-order valence-electron chi connectivity index (χ0n) is 11.9. The molecule has 2 rings (SSSR count). The summed E-state index contributed by atoms with van der Waals surface area (Å²) in [5.41, 5.74) is 3.15. The van der Waals surface area contributed by atoms with Crippen LogP contribution >= 0.6 is 0 Å². The van der Waals surface area contributed by atoms with Gasteiger partial charge in [0.25, 0.3) is 0 Å². The minimum Gasteiger partial charge on any atom is -0.326 e. The molecule has 1 unspecified atom stereocenters. The molecule has 0 bridgehead atoms. The van der Waals surface area contributed by atoms with E-state index < -0.39 is 0 Å². The van der Waals surface area contributed by atoms with Gasteiger partial charge in [0.05, 0.1) is 0 Å². The zero-order chi connectivity index (χ0) is 14.4. The molecule has 0 radical (unpaired) electrons. The summed E-state index contributed by atoms with van der Waals surface area (Å²) in [5, 5.41) is 5.93. The van der Waals surface area contributed by atoms with Gasteiger partial charge in [-0.3, -0.25) is 4.79 Å². The number of anilines is 1. The first-order valence-electron chi connectivity index (χ1n) is 6.81. The van der Waals surface area contributed by atoms with Gasteiger partial charge in [0.15, 0.2) is 0 Å². The highest BCUT2D eigenvalue weighted by molar-refractivity contribution is 5.92. The van der Waals surface area contributed by atoms with E-state index in [2.05, 4.69) is 22.8 Å². The second-order valence-electron chi connectivity index (χ2n) is 4.89. The summed E-state index contributed by atoms with van der Waals surface area (Å²) in [5.74, 6) is -0.0133. The molecular weight excluding hydrogens is 248 g/mol. The molecule has 3 nitrogen and oxygen atoms in total. The van der Waals surface area contributed by atoms with Crippen molar-refractivity contribution >= 4 is 11.6 Å². The van der Waals surface area contributed by atoms with Gasteiger partial charge in [0.1, 0.15) is 0 Å². The molecule has 0 saturated carbocycles. The van der Waals surface area contributed by atoms with Crippen LogP contribution in [0.2, 0.25) is 0 Å². The van der Waals surface area contributed by atoms with Crippen LogP contribution in [0.5, 0.6) is 0 Å². The van der Waals surface area contributed by atoms with Crippen molar-refractivity contribution in [2.24, 2.45) is 5.92 Å². The van der Waals surface area contributed by atoms with Crippen LogP contribution in [-0.2, 0) is 4.79 Å². The first-order valence-corrected chi connectivity index (χ1v) is 6.81. The van der Waals surface area contributed by atoms with Crippen LogP contribution in [0, 0.1) is 5.92 Å². The fourth-order valence-corrected chi connectivity index (χ4v) is 2.04. The summed E-state index contributed by atoms with van der Waals surface area (Å²) in [6.45, 7) is 2.58. The van der Waals surface area contributed by atoms with Gasteiger partial charge in [-0.15, -0.1) is 0 Å². The number of hydrogen-bond acceptors (Lipinski definition) is 2. The van der Waals surface area contributed by atoms with Crippen LogP contribution in [0.25, 0.3) is 11.1 Å². The maximum absolute atomic E-state index is 11.9. The topological polar surface area (TPSA) is 41.1 Å². The van der Waals surface area contributed by atoms with E-state index in [-0.39, 0.29) is 11.8 Å².